The number of hydrogen-bond donors (Lipinski definition) is 4. The van der Waals surface area contributed by atoms with Gasteiger partial charge in [0.1, 0.15) is 43.1 Å². The van der Waals surface area contributed by atoms with E-state index in [4.69, 9.17) is 30.5 Å². The Kier molecular flexibility index (Phi) is 10.4. The molecule has 1 aliphatic heterocycles. The van der Waals surface area contributed by atoms with Crippen LogP contribution in [0.5, 0.6) is 23.0 Å². The Morgan fingerprint density at radius 1 is 0.979 bits per heavy atom. The molecule has 2 heterocycles. The first-order valence-electron chi connectivity index (χ1n) is 14.6. The largest absolute Gasteiger partial charge is 0.488 e. The molecule has 0 unspecified atom stereocenters. The number of fused-ring (bicyclic) bond motifs is 1. The summed E-state index contributed by atoms with van der Waals surface area (Å²) in [6, 6.07) is 17.4. The number of aliphatic hydroxyl groups is 3. The van der Waals surface area contributed by atoms with Crippen molar-refractivity contribution in [3.05, 3.63) is 99.8 Å². The van der Waals surface area contributed by atoms with Crippen LogP contribution in [0, 0.1) is 18.3 Å². The number of alkyl halides is 2. The van der Waals surface area contributed by atoms with Crippen LogP contribution < -0.4 is 24.3 Å². The molecule has 47 heavy (non-hydrogen) atoms. The summed E-state index contributed by atoms with van der Waals surface area (Å²) in [5, 5.41) is 41.1. The lowest BCUT2D eigenvalue weighted by atomic mass is 9.95. The predicted molar refractivity (Wildman–Crippen MR) is 168 cm³/mol. The highest BCUT2D eigenvalue weighted by atomic mass is 35.5. The highest BCUT2D eigenvalue weighted by Crippen LogP contribution is 2.42. The lowest BCUT2D eigenvalue weighted by Gasteiger charge is -2.29. The molecule has 0 atom stereocenters. The van der Waals surface area contributed by atoms with Crippen molar-refractivity contribution >= 4 is 11.6 Å². The molecule has 1 aliphatic rings. The average molecular weight is 668 g/mol. The van der Waals surface area contributed by atoms with E-state index in [0.29, 0.717) is 47.0 Å². The molecular formula is C34H32ClF2N3O7. The van der Waals surface area contributed by atoms with E-state index in [1.807, 2.05) is 6.07 Å². The normalized spacial score (nSPS) is 12.8. The first kappa shape index (κ1) is 33.8. The Bertz CT molecular complexity index is 1770. The van der Waals surface area contributed by atoms with Gasteiger partial charge in [-0.3, -0.25) is 0 Å². The minimum Gasteiger partial charge on any atom is -0.488 e. The van der Waals surface area contributed by atoms with Crippen molar-refractivity contribution in [1.82, 2.24) is 10.3 Å². The molecule has 0 amide bonds. The van der Waals surface area contributed by atoms with Gasteiger partial charge in [0.2, 0.25) is 0 Å². The van der Waals surface area contributed by atoms with E-state index in [2.05, 4.69) is 10.3 Å². The topological polar surface area (TPSA) is 146 Å². The standard InChI is InChI=1S/C34H32ClF2N3O7/c1-21-26(23-5-6-29-32(13-23)45-10-9-44-29)3-2-4-27(21)34(36,37)47-31-14-30(46-17-22-7-8-39-25(11-22)15-38)24(12-28(31)35)16-40-33(18-41,19-42)20-43/h2-8,11-14,40-43H,9-10,16-20H2,1H3. The first-order valence-corrected chi connectivity index (χ1v) is 14.9. The minimum atomic E-state index is -3.83. The molecule has 3 aromatic carbocycles. The van der Waals surface area contributed by atoms with Gasteiger partial charge in [0.25, 0.3) is 0 Å². The van der Waals surface area contributed by atoms with Crippen LogP contribution in [0.4, 0.5) is 8.78 Å². The molecule has 0 spiro atoms. The Balaban J connectivity index is 1.46. The SMILES string of the molecule is Cc1c(-c2ccc3c(c2)OCCO3)cccc1C(F)(F)Oc1cc(OCc2ccnc(C#N)c2)c(CNC(CO)(CO)CO)cc1Cl. The van der Waals surface area contributed by atoms with E-state index in [1.165, 1.54) is 36.5 Å². The fourth-order valence-electron chi connectivity index (χ4n) is 4.98. The Morgan fingerprint density at radius 2 is 1.72 bits per heavy atom. The number of nitrogens with zero attached hydrogens (tertiary/aromatic N) is 2. The van der Waals surface area contributed by atoms with Crippen LogP contribution in [0.3, 0.4) is 0 Å². The van der Waals surface area contributed by atoms with Crippen molar-refractivity contribution in [2.24, 2.45) is 0 Å². The summed E-state index contributed by atoms with van der Waals surface area (Å²) in [5.74, 6) is 0.829. The number of hydrogen-bond acceptors (Lipinski definition) is 10. The van der Waals surface area contributed by atoms with Crippen LogP contribution in [0.15, 0.2) is 66.9 Å². The van der Waals surface area contributed by atoms with Gasteiger partial charge in [-0.25, -0.2) is 4.98 Å². The zero-order valence-electron chi connectivity index (χ0n) is 25.3. The molecule has 0 saturated carbocycles. The summed E-state index contributed by atoms with van der Waals surface area (Å²) in [4.78, 5) is 3.93. The number of nitriles is 1. The van der Waals surface area contributed by atoms with Crippen LogP contribution in [-0.2, 0) is 19.3 Å². The molecule has 10 nitrogen and oxygen atoms in total. The summed E-state index contributed by atoms with van der Waals surface area (Å²) in [6.45, 7) is 0.480. The molecule has 0 aliphatic carbocycles. The van der Waals surface area contributed by atoms with Crippen LogP contribution in [0.25, 0.3) is 11.1 Å². The van der Waals surface area contributed by atoms with Gasteiger partial charge >= 0.3 is 6.11 Å². The van der Waals surface area contributed by atoms with Crippen LogP contribution in [-0.4, -0.2) is 58.9 Å². The van der Waals surface area contributed by atoms with E-state index < -0.39 is 31.5 Å². The number of ether oxygens (including phenoxy) is 4. The summed E-state index contributed by atoms with van der Waals surface area (Å²) >= 11 is 6.48. The number of aromatic nitrogens is 1. The number of benzene rings is 3. The second kappa shape index (κ2) is 14.5. The quantitative estimate of drug-likeness (QED) is 0.156. The van der Waals surface area contributed by atoms with E-state index >= 15 is 8.78 Å². The average Bonchev–Trinajstić information content (AvgIpc) is 3.09. The maximum atomic E-state index is 16.0. The molecular weight excluding hydrogens is 636 g/mol. The lowest BCUT2D eigenvalue weighted by Crippen LogP contribution is -2.54. The lowest BCUT2D eigenvalue weighted by molar-refractivity contribution is -0.185. The highest BCUT2D eigenvalue weighted by molar-refractivity contribution is 6.32. The molecule has 5 rings (SSSR count). The third kappa shape index (κ3) is 7.56. The van der Waals surface area contributed by atoms with E-state index in [1.54, 1.807) is 37.3 Å². The minimum absolute atomic E-state index is 0.0660. The van der Waals surface area contributed by atoms with E-state index in [9.17, 15) is 20.6 Å². The number of nitrogens with one attached hydrogen (secondary N) is 1. The third-order valence-corrected chi connectivity index (χ3v) is 8.04. The van der Waals surface area contributed by atoms with Crippen molar-refractivity contribution in [3.63, 3.8) is 0 Å². The van der Waals surface area contributed by atoms with Crippen LogP contribution >= 0.6 is 11.6 Å². The molecule has 1 aromatic heterocycles. The molecule has 0 fully saturated rings. The first-order chi connectivity index (χ1) is 22.6. The summed E-state index contributed by atoms with van der Waals surface area (Å²) in [5.41, 5.74) is 0.787. The molecule has 0 bridgehead atoms. The van der Waals surface area contributed by atoms with Gasteiger partial charge in [0.15, 0.2) is 11.5 Å². The van der Waals surface area contributed by atoms with Gasteiger partial charge < -0.3 is 39.6 Å². The van der Waals surface area contributed by atoms with Crippen molar-refractivity contribution in [2.45, 2.75) is 31.7 Å². The van der Waals surface area contributed by atoms with Crippen molar-refractivity contribution in [3.8, 4) is 40.2 Å². The van der Waals surface area contributed by atoms with Gasteiger partial charge in [-0.1, -0.05) is 29.8 Å². The van der Waals surface area contributed by atoms with Gasteiger partial charge in [-0.05, 0) is 65.6 Å². The van der Waals surface area contributed by atoms with Crippen LogP contribution in [0.2, 0.25) is 5.02 Å². The number of aliphatic hydroxyl groups excluding tert-OH is 3. The second-order valence-corrected chi connectivity index (χ2v) is 11.3. The highest BCUT2D eigenvalue weighted by Gasteiger charge is 2.38. The molecule has 13 heteroatoms. The monoisotopic (exact) mass is 667 g/mol. The fourth-order valence-corrected chi connectivity index (χ4v) is 5.21. The predicted octanol–water partition coefficient (Wildman–Crippen LogP) is 4.87. The van der Waals surface area contributed by atoms with E-state index in [0.717, 1.165) is 0 Å². The molecule has 246 valence electrons. The van der Waals surface area contributed by atoms with Crippen molar-refractivity contribution in [2.75, 3.05) is 33.0 Å². The number of pyridine rings is 1. The fraction of sp³-hybridized carbons (Fsp3) is 0.294. The molecule has 4 N–H and O–H groups in total. The van der Waals surface area contributed by atoms with Crippen molar-refractivity contribution in [1.29, 1.82) is 5.26 Å². The third-order valence-electron chi connectivity index (χ3n) is 7.75. The second-order valence-electron chi connectivity index (χ2n) is 10.9. The van der Waals surface area contributed by atoms with Gasteiger partial charge in [0.05, 0.1) is 35.9 Å². The molecule has 4 aromatic rings. The van der Waals surface area contributed by atoms with E-state index in [-0.39, 0.29) is 46.5 Å². The summed E-state index contributed by atoms with van der Waals surface area (Å²) < 4.78 is 54.4. The zero-order valence-corrected chi connectivity index (χ0v) is 26.1. The van der Waals surface area contributed by atoms with Crippen LogP contribution in [0.1, 0.15) is 27.9 Å². The summed E-state index contributed by atoms with van der Waals surface area (Å²) in [7, 11) is 0. The Hall–Kier alpha value is -4.51. The number of halogens is 3. The number of rotatable bonds is 13. The van der Waals surface area contributed by atoms with Gasteiger partial charge in [0, 0.05) is 24.4 Å². The Morgan fingerprint density at radius 3 is 2.45 bits per heavy atom. The molecule has 0 saturated heterocycles. The zero-order chi connectivity index (χ0) is 33.6. The summed E-state index contributed by atoms with van der Waals surface area (Å²) in [6.07, 6.45) is -2.39. The molecule has 0 radical (unpaired) electrons. The maximum Gasteiger partial charge on any atom is 0.427 e. The van der Waals surface area contributed by atoms with Gasteiger partial charge in [-0.15, -0.1) is 0 Å². The smallest absolute Gasteiger partial charge is 0.427 e. The maximum absolute atomic E-state index is 16.0. The Labute approximate surface area is 274 Å². The van der Waals surface area contributed by atoms with Crippen molar-refractivity contribution < 1.29 is 43.0 Å². The van der Waals surface area contributed by atoms with Gasteiger partial charge in [-0.2, -0.15) is 14.0 Å².